The van der Waals surface area contributed by atoms with E-state index in [1.807, 2.05) is 54.6 Å². The zero-order valence-electron chi connectivity index (χ0n) is 19.0. The zero-order chi connectivity index (χ0) is 22.4. The van der Waals surface area contributed by atoms with Crippen molar-refractivity contribution >= 4 is 11.4 Å². The van der Waals surface area contributed by atoms with Crippen molar-refractivity contribution in [2.45, 2.75) is 0 Å². The van der Waals surface area contributed by atoms with E-state index in [4.69, 9.17) is 28.1 Å². The normalized spacial score (nSPS) is 13.8. The van der Waals surface area contributed by atoms with Gasteiger partial charge in [0.1, 0.15) is 34.3 Å². The van der Waals surface area contributed by atoms with E-state index in [9.17, 15) is 0 Å². The maximum atomic E-state index is 5.74. The molecule has 3 rings (SSSR count). The van der Waals surface area contributed by atoms with Crippen LogP contribution in [0.3, 0.4) is 0 Å². The topological polar surface area (TPSA) is 57.5 Å². The molecule has 0 aliphatic heterocycles. The molecule has 0 amide bonds. The minimum absolute atomic E-state index is 0. The van der Waals surface area contributed by atoms with Gasteiger partial charge >= 0.3 is 5.78 Å². The fraction of sp³-hybridized carbons (Fsp3) is 0.240. The summed E-state index contributed by atoms with van der Waals surface area (Å²) in [6.45, 7) is 0. The first-order valence-electron chi connectivity index (χ1n) is 9.66. The van der Waals surface area contributed by atoms with Crippen LogP contribution in [0.5, 0.6) is 23.0 Å². The second-order valence-corrected chi connectivity index (χ2v) is 6.49. The minimum Gasteiger partial charge on any atom is -1.00 e. The molecule has 0 heterocycles. The number of allylic oxidation sites excluding steroid dienone is 4. The minimum atomic E-state index is 0. The second-order valence-electron chi connectivity index (χ2n) is 6.49. The van der Waals surface area contributed by atoms with Crippen LogP contribution in [0.4, 0.5) is 0 Å². The van der Waals surface area contributed by atoms with Crippen LogP contribution in [-0.2, 0) is 9.16 Å². The van der Waals surface area contributed by atoms with E-state index in [1.165, 1.54) is 0 Å². The van der Waals surface area contributed by atoms with Gasteiger partial charge < -0.3 is 36.1 Å². The molecule has 0 aromatic heterocycles. The molecule has 2 aromatic rings. The Morgan fingerprint density at radius 2 is 1.12 bits per heavy atom. The highest BCUT2D eigenvalue weighted by Crippen LogP contribution is 2.48. The van der Waals surface area contributed by atoms with Crippen LogP contribution in [0, 0.1) is 0 Å². The van der Waals surface area contributed by atoms with Crippen LogP contribution in [-0.4, -0.2) is 48.4 Å². The van der Waals surface area contributed by atoms with Crippen molar-refractivity contribution in [2.24, 2.45) is 0 Å². The third-order valence-corrected chi connectivity index (χ3v) is 5.03. The Balaban J connectivity index is 0.00000363. The average Bonchev–Trinajstić information content (AvgIpc) is 2.83. The molecule has 0 spiro atoms. The summed E-state index contributed by atoms with van der Waals surface area (Å²) in [6.07, 6.45) is 5.63. The van der Waals surface area contributed by atoms with Crippen LogP contribution < -0.4 is 31.4 Å². The molecule has 0 atom stereocenters. The molecule has 7 heteroatoms. The first-order valence-corrected chi connectivity index (χ1v) is 9.66. The molecule has 32 heavy (non-hydrogen) atoms. The van der Waals surface area contributed by atoms with Gasteiger partial charge in [0.2, 0.25) is 0 Å². The monoisotopic (exact) mass is 458 g/mol. The fourth-order valence-corrected chi connectivity index (χ4v) is 3.67. The highest BCUT2D eigenvalue weighted by molar-refractivity contribution is 6.17. The largest absolute Gasteiger partial charge is 1.00 e. The van der Waals surface area contributed by atoms with Gasteiger partial charge in [-0.15, -0.1) is 0 Å². The number of halogens is 1. The van der Waals surface area contributed by atoms with Gasteiger partial charge in [0.15, 0.2) is 0 Å². The smallest absolute Gasteiger partial charge is 0.354 e. The molecule has 0 saturated carbocycles. The molecule has 0 fully saturated rings. The maximum absolute atomic E-state index is 5.74. The van der Waals surface area contributed by atoms with E-state index >= 15 is 0 Å². The molecule has 0 N–H and O–H groups in total. The molecule has 0 bridgehead atoms. The van der Waals surface area contributed by atoms with Gasteiger partial charge in [-0.3, -0.25) is 4.42 Å². The molecule has 170 valence electrons. The highest BCUT2D eigenvalue weighted by Gasteiger charge is 2.34. The first kappa shape index (κ1) is 24.9. The average molecular weight is 459 g/mol. The molecule has 2 aromatic carbocycles. The van der Waals surface area contributed by atoms with Gasteiger partial charge in [-0.05, 0) is 36.4 Å². The number of hydrogen-bond acceptors (Lipinski definition) is 5. The molecule has 0 saturated heterocycles. The van der Waals surface area contributed by atoms with Gasteiger partial charge in [0.25, 0.3) is 7.11 Å². The summed E-state index contributed by atoms with van der Waals surface area (Å²) < 4.78 is 34.5. The number of rotatable bonds is 7. The summed E-state index contributed by atoms with van der Waals surface area (Å²) in [4.78, 5) is 0. The number of benzene rings is 2. The quantitative estimate of drug-likeness (QED) is 0.463. The molecular weight excluding hydrogens is 432 g/mol. The summed E-state index contributed by atoms with van der Waals surface area (Å²) in [7, 11) is 9.72. The lowest BCUT2D eigenvalue weighted by molar-refractivity contribution is -0.418. The number of ketones is 1. The Morgan fingerprint density at radius 1 is 0.688 bits per heavy atom. The summed E-state index contributed by atoms with van der Waals surface area (Å²) in [5.74, 6) is 3.72. The predicted molar refractivity (Wildman–Crippen MR) is 120 cm³/mol. The highest BCUT2D eigenvalue weighted by atomic mass is 35.5. The fourth-order valence-electron chi connectivity index (χ4n) is 3.67. The molecular formula is C25H27ClO6. The molecule has 0 radical (unpaired) electrons. The molecule has 1 aliphatic rings. The molecule has 0 unspecified atom stereocenters. The Morgan fingerprint density at radius 3 is 1.47 bits per heavy atom. The summed E-state index contributed by atoms with van der Waals surface area (Å²) in [5.41, 5.74) is 2.90. The Kier molecular flexibility index (Phi) is 8.79. The Bertz CT molecular complexity index is 980. The van der Waals surface area contributed by atoms with Crippen LogP contribution in [0.1, 0.15) is 11.1 Å². The van der Waals surface area contributed by atoms with Gasteiger partial charge in [0, 0.05) is 11.6 Å². The number of methoxy groups -OCH3 is 5. The SMILES string of the molecule is COC1=CC=CC(=[O+]C)C1=C(c1c(OC)cccc1OC)c1c(OC)cccc1OC.[Cl-]. The van der Waals surface area contributed by atoms with E-state index in [2.05, 4.69) is 0 Å². The van der Waals surface area contributed by atoms with E-state index in [0.29, 0.717) is 34.5 Å². The van der Waals surface area contributed by atoms with E-state index < -0.39 is 0 Å². The molecule has 1 aliphatic carbocycles. The van der Waals surface area contributed by atoms with Gasteiger partial charge in [-0.1, -0.05) is 12.1 Å². The van der Waals surface area contributed by atoms with Crippen molar-refractivity contribution in [3.8, 4) is 23.0 Å². The van der Waals surface area contributed by atoms with Crippen LogP contribution in [0.2, 0.25) is 0 Å². The number of carbonyl (C=O) groups excluding carboxylic acids is 1. The van der Waals surface area contributed by atoms with Crippen LogP contribution in [0.25, 0.3) is 5.57 Å². The maximum Gasteiger partial charge on any atom is 0.354 e. The molecule has 6 nitrogen and oxygen atoms in total. The Labute approximate surface area is 194 Å². The van der Waals surface area contributed by atoms with Crippen molar-refractivity contribution in [2.75, 3.05) is 42.7 Å². The van der Waals surface area contributed by atoms with Crippen molar-refractivity contribution in [3.63, 3.8) is 0 Å². The van der Waals surface area contributed by atoms with E-state index in [1.54, 1.807) is 42.7 Å². The lowest BCUT2D eigenvalue weighted by atomic mass is 9.86. The summed E-state index contributed by atoms with van der Waals surface area (Å²) in [6, 6.07) is 11.3. The predicted octanol–water partition coefficient (Wildman–Crippen LogP) is 1.36. The van der Waals surface area contributed by atoms with Crippen molar-refractivity contribution in [1.82, 2.24) is 0 Å². The Hall–Kier alpha value is -3.38. The van der Waals surface area contributed by atoms with Gasteiger partial charge in [-0.2, -0.15) is 0 Å². The van der Waals surface area contributed by atoms with Crippen molar-refractivity contribution in [1.29, 1.82) is 0 Å². The number of hydrogen-bond donors (Lipinski definition) is 0. The third kappa shape index (κ3) is 4.46. The summed E-state index contributed by atoms with van der Waals surface area (Å²) >= 11 is 0. The standard InChI is InChI=1S/C25H27O6.ClH/c1-26-16-10-7-11-17(27-2)22(16)25(23-18(28-3)12-8-13-19(23)29-4)24-20(30-5)14-9-15-21(24)31-6;/h7-15H,1-6H3;1H/q+1;/p-1. The summed E-state index contributed by atoms with van der Waals surface area (Å²) in [5, 5.41) is 0. The van der Waals surface area contributed by atoms with E-state index in [-0.39, 0.29) is 12.4 Å². The van der Waals surface area contributed by atoms with E-state index in [0.717, 1.165) is 22.3 Å². The number of ether oxygens (including phenoxy) is 5. The zero-order valence-corrected chi connectivity index (χ0v) is 19.8. The van der Waals surface area contributed by atoms with Gasteiger partial charge in [-0.25, -0.2) is 0 Å². The second kappa shape index (κ2) is 11.3. The van der Waals surface area contributed by atoms with Crippen molar-refractivity contribution in [3.05, 3.63) is 77.1 Å². The van der Waals surface area contributed by atoms with Crippen molar-refractivity contribution < 1.29 is 40.5 Å². The lowest BCUT2D eigenvalue weighted by Gasteiger charge is -2.23. The van der Waals surface area contributed by atoms with Crippen LogP contribution >= 0.6 is 0 Å². The lowest BCUT2D eigenvalue weighted by Crippen LogP contribution is -3.00. The third-order valence-electron chi connectivity index (χ3n) is 5.03. The first-order chi connectivity index (χ1) is 15.1. The van der Waals surface area contributed by atoms with Crippen LogP contribution in [0.15, 0.2) is 66.0 Å². The van der Waals surface area contributed by atoms with Gasteiger partial charge in [0.05, 0.1) is 46.7 Å².